The van der Waals surface area contributed by atoms with Gasteiger partial charge in [0.25, 0.3) is 0 Å². The third-order valence-electron chi connectivity index (χ3n) is 3.93. The van der Waals surface area contributed by atoms with Gasteiger partial charge in [-0.25, -0.2) is 13.1 Å². The molecule has 2 aromatic rings. The topological polar surface area (TPSA) is 63.2 Å². The standard InChI is InChI=1S/C17H17NO3S/c1-12-6-9-14(10-7-12)22(20,21)18-16-11-8-13-4-2-3-5-15(13)17(16)19/h2-7,9-10,16,18H,8,11H2,1H3/t16-/m1/s1. The molecular formula is C17H17NO3S. The molecule has 0 fully saturated rings. The van der Waals surface area contributed by atoms with Crippen LogP contribution in [0.2, 0.25) is 0 Å². The highest BCUT2D eigenvalue weighted by molar-refractivity contribution is 7.89. The van der Waals surface area contributed by atoms with Crippen LogP contribution in [0.25, 0.3) is 0 Å². The van der Waals surface area contributed by atoms with Crippen LogP contribution in [-0.2, 0) is 16.4 Å². The summed E-state index contributed by atoms with van der Waals surface area (Å²) in [5.74, 6) is -0.155. The van der Waals surface area contributed by atoms with E-state index in [-0.39, 0.29) is 10.7 Å². The van der Waals surface area contributed by atoms with Crippen LogP contribution in [0.1, 0.15) is 27.9 Å². The Morgan fingerprint density at radius 1 is 1.05 bits per heavy atom. The quantitative estimate of drug-likeness (QED) is 0.946. The fraction of sp³-hybridized carbons (Fsp3) is 0.235. The van der Waals surface area contributed by atoms with E-state index in [1.165, 1.54) is 0 Å². The lowest BCUT2D eigenvalue weighted by Crippen LogP contribution is -2.43. The molecule has 5 heteroatoms. The zero-order valence-corrected chi connectivity index (χ0v) is 13.1. The van der Waals surface area contributed by atoms with Crippen molar-refractivity contribution in [1.82, 2.24) is 4.72 Å². The third kappa shape index (κ3) is 2.82. The Morgan fingerprint density at radius 2 is 1.73 bits per heavy atom. The molecule has 0 spiro atoms. The van der Waals surface area contributed by atoms with Gasteiger partial charge in [-0.2, -0.15) is 0 Å². The number of benzene rings is 2. The van der Waals surface area contributed by atoms with Gasteiger partial charge in [-0.15, -0.1) is 0 Å². The summed E-state index contributed by atoms with van der Waals surface area (Å²) < 4.78 is 27.4. The number of hydrogen-bond acceptors (Lipinski definition) is 3. The third-order valence-corrected chi connectivity index (χ3v) is 5.42. The van der Waals surface area contributed by atoms with Gasteiger partial charge in [0.1, 0.15) is 0 Å². The first-order valence-corrected chi connectivity index (χ1v) is 8.67. The molecule has 2 aromatic carbocycles. The number of hydrogen-bond donors (Lipinski definition) is 1. The molecule has 1 aliphatic rings. The molecule has 3 rings (SSSR count). The van der Waals surface area contributed by atoms with Gasteiger partial charge in [-0.1, -0.05) is 42.0 Å². The van der Waals surface area contributed by atoms with E-state index in [4.69, 9.17) is 0 Å². The number of carbonyl (C=O) groups is 1. The van der Waals surface area contributed by atoms with Gasteiger partial charge in [0.2, 0.25) is 10.0 Å². The minimum Gasteiger partial charge on any atom is -0.292 e. The van der Waals surface area contributed by atoms with E-state index in [0.717, 1.165) is 11.1 Å². The Kier molecular flexibility index (Phi) is 3.85. The molecule has 114 valence electrons. The number of rotatable bonds is 3. The molecule has 1 N–H and O–H groups in total. The SMILES string of the molecule is Cc1ccc(S(=O)(=O)N[C@@H]2CCc3ccccc3C2=O)cc1. The molecule has 22 heavy (non-hydrogen) atoms. The molecule has 0 bridgehead atoms. The molecule has 1 atom stereocenters. The van der Waals surface area contributed by atoms with E-state index in [0.29, 0.717) is 18.4 Å². The summed E-state index contributed by atoms with van der Waals surface area (Å²) in [5, 5.41) is 0. The average molecular weight is 315 g/mol. The summed E-state index contributed by atoms with van der Waals surface area (Å²) in [4.78, 5) is 12.6. The van der Waals surface area contributed by atoms with Gasteiger partial charge >= 0.3 is 0 Å². The van der Waals surface area contributed by atoms with Crippen LogP contribution in [0.5, 0.6) is 0 Å². The van der Waals surface area contributed by atoms with Crippen LogP contribution in [0.3, 0.4) is 0 Å². The summed E-state index contributed by atoms with van der Waals surface area (Å²) in [6.45, 7) is 1.89. The number of aryl methyl sites for hydroxylation is 2. The number of ketones is 1. The van der Waals surface area contributed by atoms with Crippen molar-refractivity contribution in [1.29, 1.82) is 0 Å². The van der Waals surface area contributed by atoms with Gasteiger partial charge in [0.05, 0.1) is 10.9 Å². The van der Waals surface area contributed by atoms with Crippen molar-refractivity contribution in [2.45, 2.75) is 30.7 Å². The number of Topliss-reactive ketones (excluding diaryl/α,β-unsaturated/α-hetero) is 1. The first-order valence-electron chi connectivity index (χ1n) is 7.18. The highest BCUT2D eigenvalue weighted by Gasteiger charge is 2.30. The van der Waals surface area contributed by atoms with Crippen molar-refractivity contribution in [2.24, 2.45) is 0 Å². The lowest BCUT2D eigenvalue weighted by molar-refractivity contribution is 0.0940. The largest absolute Gasteiger partial charge is 0.292 e. The van der Waals surface area contributed by atoms with Gasteiger partial charge in [-0.3, -0.25) is 4.79 Å². The Bertz CT molecular complexity index is 810. The van der Waals surface area contributed by atoms with Gasteiger partial charge in [0.15, 0.2) is 5.78 Å². The molecule has 4 nitrogen and oxygen atoms in total. The van der Waals surface area contributed by atoms with Crippen molar-refractivity contribution in [2.75, 3.05) is 0 Å². The van der Waals surface area contributed by atoms with E-state index in [1.807, 2.05) is 19.1 Å². The second-order valence-corrected chi connectivity index (χ2v) is 7.26. The summed E-state index contributed by atoms with van der Waals surface area (Å²) in [6.07, 6.45) is 1.18. The molecule has 0 aromatic heterocycles. The maximum absolute atomic E-state index is 12.5. The Labute approximate surface area is 130 Å². The monoisotopic (exact) mass is 315 g/mol. The predicted octanol–water partition coefficient (Wildman–Crippen LogP) is 2.47. The number of nitrogens with one attached hydrogen (secondary N) is 1. The molecule has 0 aliphatic heterocycles. The van der Waals surface area contributed by atoms with Crippen LogP contribution in [-0.4, -0.2) is 20.2 Å². The number of sulfonamides is 1. The molecule has 0 saturated carbocycles. The van der Waals surface area contributed by atoms with Crippen LogP contribution in [0.15, 0.2) is 53.4 Å². The molecule has 0 radical (unpaired) electrons. The van der Waals surface area contributed by atoms with E-state index < -0.39 is 16.1 Å². The highest BCUT2D eigenvalue weighted by Crippen LogP contribution is 2.22. The molecule has 0 heterocycles. The molecule has 0 amide bonds. The highest BCUT2D eigenvalue weighted by atomic mass is 32.2. The summed E-state index contributed by atoms with van der Waals surface area (Å²) >= 11 is 0. The van der Waals surface area contributed by atoms with Gasteiger partial charge in [-0.05, 0) is 37.5 Å². The Hall–Kier alpha value is -1.98. The van der Waals surface area contributed by atoms with Crippen molar-refractivity contribution < 1.29 is 13.2 Å². The average Bonchev–Trinajstić information content (AvgIpc) is 2.51. The van der Waals surface area contributed by atoms with Crippen LogP contribution in [0, 0.1) is 6.92 Å². The number of fused-ring (bicyclic) bond motifs is 1. The zero-order chi connectivity index (χ0) is 15.7. The summed E-state index contributed by atoms with van der Waals surface area (Å²) in [7, 11) is -3.68. The van der Waals surface area contributed by atoms with E-state index in [2.05, 4.69) is 4.72 Å². The van der Waals surface area contributed by atoms with Crippen LogP contribution >= 0.6 is 0 Å². The maximum atomic E-state index is 12.5. The van der Waals surface area contributed by atoms with Crippen molar-refractivity contribution >= 4 is 15.8 Å². The molecule has 0 unspecified atom stereocenters. The second kappa shape index (κ2) is 5.66. The zero-order valence-electron chi connectivity index (χ0n) is 12.2. The first-order chi connectivity index (χ1) is 10.5. The smallest absolute Gasteiger partial charge is 0.241 e. The predicted molar refractivity (Wildman–Crippen MR) is 84.4 cm³/mol. The number of carbonyl (C=O) groups excluding carboxylic acids is 1. The lowest BCUT2D eigenvalue weighted by atomic mass is 9.88. The first kappa shape index (κ1) is 14.9. The molecular weight excluding hydrogens is 298 g/mol. The summed E-state index contributed by atoms with van der Waals surface area (Å²) in [5.41, 5.74) is 2.59. The fourth-order valence-corrected chi connectivity index (χ4v) is 3.91. The van der Waals surface area contributed by atoms with Gasteiger partial charge < -0.3 is 0 Å². The van der Waals surface area contributed by atoms with Crippen molar-refractivity contribution in [3.05, 3.63) is 65.2 Å². The lowest BCUT2D eigenvalue weighted by Gasteiger charge is -2.24. The van der Waals surface area contributed by atoms with Crippen molar-refractivity contribution in [3.63, 3.8) is 0 Å². The minimum absolute atomic E-state index is 0.155. The van der Waals surface area contributed by atoms with E-state index in [9.17, 15) is 13.2 Å². The summed E-state index contributed by atoms with van der Waals surface area (Å²) in [6, 6.07) is 13.3. The van der Waals surface area contributed by atoms with E-state index >= 15 is 0 Å². The molecule has 1 aliphatic carbocycles. The Morgan fingerprint density at radius 3 is 2.45 bits per heavy atom. The van der Waals surface area contributed by atoms with Crippen molar-refractivity contribution in [3.8, 4) is 0 Å². The van der Waals surface area contributed by atoms with Gasteiger partial charge in [0, 0.05) is 5.56 Å². The normalized spacial score (nSPS) is 18.0. The fourth-order valence-electron chi connectivity index (χ4n) is 2.68. The van der Waals surface area contributed by atoms with E-state index in [1.54, 1.807) is 36.4 Å². The maximum Gasteiger partial charge on any atom is 0.241 e. The van der Waals surface area contributed by atoms with Crippen LogP contribution in [0.4, 0.5) is 0 Å². The minimum atomic E-state index is -3.68. The molecule has 0 saturated heterocycles. The second-order valence-electron chi connectivity index (χ2n) is 5.55. The van der Waals surface area contributed by atoms with Crippen LogP contribution < -0.4 is 4.72 Å². The Balaban J connectivity index is 1.85.